The Bertz CT molecular complexity index is 371. The van der Waals surface area contributed by atoms with Crippen molar-refractivity contribution in [2.45, 2.75) is 46.5 Å². The molecule has 20 heavy (non-hydrogen) atoms. The normalized spacial score (nSPS) is 13.8. The van der Waals surface area contributed by atoms with E-state index in [-0.39, 0.29) is 5.41 Å². The monoisotopic (exact) mass is 276 g/mol. The Morgan fingerprint density at radius 3 is 2.00 bits per heavy atom. The molecule has 1 atom stereocenters. The average molecular weight is 276 g/mol. The highest BCUT2D eigenvalue weighted by atomic mass is 15.1. The van der Waals surface area contributed by atoms with E-state index >= 15 is 0 Å². The van der Waals surface area contributed by atoms with Crippen molar-refractivity contribution in [3.8, 4) is 0 Å². The molecule has 0 saturated carbocycles. The van der Waals surface area contributed by atoms with E-state index in [0.29, 0.717) is 5.92 Å². The summed E-state index contributed by atoms with van der Waals surface area (Å²) in [7, 11) is 0. The lowest BCUT2D eigenvalue weighted by Gasteiger charge is -2.25. The van der Waals surface area contributed by atoms with Crippen LogP contribution >= 0.6 is 0 Å². The smallest absolute Gasteiger partial charge is 0.00247 e. The van der Waals surface area contributed by atoms with Gasteiger partial charge >= 0.3 is 0 Å². The van der Waals surface area contributed by atoms with Gasteiger partial charge in [-0.2, -0.15) is 0 Å². The van der Waals surface area contributed by atoms with Crippen molar-refractivity contribution in [1.82, 2.24) is 4.90 Å². The van der Waals surface area contributed by atoms with Crippen LogP contribution in [0.5, 0.6) is 0 Å². The van der Waals surface area contributed by atoms with Crippen LogP contribution in [-0.4, -0.2) is 31.1 Å². The minimum atomic E-state index is 0.229. The molecule has 114 valence electrons. The maximum atomic E-state index is 5.95. The van der Waals surface area contributed by atoms with Crippen LogP contribution in [-0.2, 0) is 11.8 Å². The summed E-state index contributed by atoms with van der Waals surface area (Å²) in [4.78, 5) is 2.46. The van der Waals surface area contributed by atoms with Crippen molar-refractivity contribution in [3.05, 3.63) is 35.4 Å². The van der Waals surface area contributed by atoms with E-state index < -0.39 is 0 Å². The molecule has 0 aliphatic carbocycles. The first kappa shape index (κ1) is 17.2. The van der Waals surface area contributed by atoms with Crippen molar-refractivity contribution in [2.24, 2.45) is 11.7 Å². The van der Waals surface area contributed by atoms with Crippen LogP contribution < -0.4 is 5.73 Å². The van der Waals surface area contributed by atoms with E-state index in [4.69, 9.17) is 5.73 Å². The van der Waals surface area contributed by atoms with Gasteiger partial charge < -0.3 is 10.6 Å². The third-order valence-corrected chi connectivity index (χ3v) is 4.09. The summed E-state index contributed by atoms with van der Waals surface area (Å²) in [5, 5.41) is 0. The SMILES string of the molecule is CCN(CC)CC(CN)Cc1ccc(C(C)(C)C)cc1. The number of benzene rings is 1. The zero-order valence-electron chi connectivity index (χ0n) is 13.9. The molecule has 2 heteroatoms. The molecule has 1 rings (SSSR count). The third kappa shape index (κ3) is 5.26. The summed E-state index contributed by atoms with van der Waals surface area (Å²) in [5.41, 5.74) is 8.98. The molecule has 0 bridgehead atoms. The molecule has 0 spiro atoms. The van der Waals surface area contributed by atoms with E-state index in [9.17, 15) is 0 Å². The van der Waals surface area contributed by atoms with Gasteiger partial charge in [0.15, 0.2) is 0 Å². The summed E-state index contributed by atoms with van der Waals surface area (Å²) in [6.07, 6.45) is 1.08. The van der Waals surface area contributed by atoms with Crippen LogP contribution in [0.2, 0.25) is 0 Å². The third-order valence-electron chi connectivity index (χ3n) is 4.09. The second-order valence-corrected chi connectivity index (χ2v) is 6.74. The molecule has 0 amide bonds. The van der Waals surface area contributed by atoms with Crippen LogP contribution in [0.4, 0.5) is 0 Å². The first-order valence-electron chi connectivity index (χ1n) is 7.92. The van der Waals surface area contributed by atoms with Gasteiger partial charge in [-0.15, -0.1) is 0 Å². The van der Waals surface area contributed by atoms with Crippen molar-refractivity contribution < 1.29 is 0 Å². The summed E-state index contributed by atoms with van der Waals surface area (Å²) in [6, 6.07) is 9.07. The van der Waals surface area contributed by atoms with E-state index in [1.54, 1.807) is 0 Å². The Labute approximate surface area is 125 Å². The topological polar surface area (TPSA) is 29.3 Å². The fourth-order valence-corrected chi connectivity index (χ4v) is 2.54. The van der Waals surface area contributed by atoms with E-state index in [1.807, 2.05) is 0 Å². The zero-order valence-corrected chi connectivity index (χ0v) is 13.9. The minimum absolute atomic E-state index is 0.229. The van der Waals surface area contributed by atoms with Gasteiger partial charge in [0.1, 0.15) is 0 Å². The molecule has 0 fully saturated rings. The van der Waals surface area contributed by atoms with Gasteiger partial charge in [-0.3, -0.25) is 0 Å². The van der Waals surface area contributed by atoms with E-state index in [2.05, 4.69) is 63.8 Å². The van der Waals surface area contributed by atoms with Crippen molar-refractivity contribution in [2.75, 3.05) is 26.2 Å². The molecule has 2 N–H and O–H groups in total. The molecule has 2 nitrogen and oxygen atoms in total. The standard InChI is InChI=1S/C18H32N2/c1-6-20(7-2)14-16(13-19)12-15-8-10-17(11-9-15)18(3,4)5/h8-11,16H,6-7,12-14,19H2,1-5H3. The molecule has 0 saturated heterocycles. The lowest BCUT2D eigenvalue weighted by molar-refractivity contribution is 0.254. The molecule has 0 radical (unpaired) electrons. The zero-order chi connectivity index (χ0) is 15.2. The Morgan fingerprint density at radius 1 is 1.05 bits per heavy atom. The Hall–Kier alpha value is -0.860. The van der Waals surface area contributed by atoms with E-state index in [1.165, 1.54) is 11.1 Å². The fraction of sp³-hybridized carbons (Fsp3) is 0.667. The largest absolute Gasteiger partial charge is 0.330 e. The number of hydrogen-bond donors (Lipinski definition) is 1. The maximum absolute atomic E-state index is 5.95. The van der Waals surface area contributed by atoms with Crippen LogP contribution in [0.25, 0.3) is 0 Å². The second kappa shape index (κ2) is 7.80. The Kier molecular flexibility index (Phi) is 6.70. The van der Waals surface area contributed by atoms with Crippen molar-refractivity contribution in [1.29, 1.82) is 0 Å². The van der Waals surface area contributed by atoms with Crippen molar-refractivity contribution >= 4 is 0 Å². The highest BCUT2D eigenvalue weighted by molar-refractivity contribution is 5.27. The number of nitrogens with two attached hydrogens (primary N) is 1. The van der Waals surface area contributed by atoms with Gasteiger partial charge in [-0.25, -0.2) is 0 Å². The number of nitrogens with zero attached hydrogens (tertiary/aromatic N) is 1. The van der Waals surface area contributed by atoms with E-state index in [0.717, 1.165) is 32.6 Å². The number of rotatable bonds is 7. The van der Waals surface area contributed by atoms with Crippen molar-refractivity contribution in [3.63, 3.8) is 0 Å². The number of hydrogen-bond acceptors (Lipinski definition) is 2. The Balaban J connectivity index is 2.66. The maximum Gasteiger partial charge on any atom is 0.00247 e. The molecular formula is C18H32N2. The molecule has 0 heterocycles. The fourth-order valence-electron chi connectivity index (χ4n) is 2.54. The van der Waals surface area contributed by atoms with Gasteiger partial charge in [-0.1, -0.05) is 58.9 Å². The first-order chi connectivity index (χ1) is 9.40. The van der Waals surface area contributed by atoms with Gasteiger partial charge in [-0.05, 0) is 48.5 Å². The van der Waals surface area contributed by atoms with Gasteiger partial charge in [0.2, 0.25) is 0 Å². The van der Waals surface area contributed by atoms with Crippen LogP contribution in [0.3, 0.4) is 0 Å². The molecule has 1 aromatic rings. The quantitative estimate of drug-likeness (QED) is 0.826. The summed E-state index contributed by atoms with van der Waals surface area (Å²) >= 11 is 0. The Morgan fingerprint density at radius 2 is 1.60 bits per heavy atom. The summed E-state index contributed by atoms with van der Waals surface area (Å²) in [6.45, 7) is 15.3. The lowest BCUT2D eigenvalue weighted by Crippen LogP contribution is -2.33. The highest BCUT2D eigenvalue weighted by Crippen LogP contribution is 2.22. The summed E-state index contributed by atoms with van der Waals surface area (Å²) in [5.74, 6) is 0.551. The molecular weight excluding hydrogens is 244 g/mol. The van der Waals surface area contributed by atoms with Crippen LogP contribution in [0.1, 0.15) is 45.7 Å². The predicted octanol–water partition coefficient (Wildman–Crippen LogP) is 3.44. The van der Waals surface area contributed by atoms with Gasteiger partial charge in [0, 0.05) is 6.54 Å². The minimum Gasteiger partial charge on any atom is -0.330 e. The molecule has 0 aliphatic heterocycles. The molecule has 1 unspecified atom stereocenters. The van der Waals surface area contributed by atoms with Crippen LogP contribution in [0.15, 0.2) is 24.3 Å². The molecule has 0 aromatic heterocycles. The molecule has 0 aliphatic rings. The second-order valence-electron chi connectivity index (χ2n) is 6.74. The van der Waals surface area contributed by atoms with Gasteiger partial charge in [0.05, 0.1) is 0 Å². The summed E-state index contributed by atoms with van der Waals surface area (Å²) < 4.78 is 0. The average Bonchev–Trinajstić information content (AvgIpc) is 2.43. The predicted molar refractivity (Wildman–Crippen MR) is 89.2 cm³/mol. The van der Waals surface area contributed by atoms with Crippen LogP contribution in [0, 0.1) is 5.92 Å². The highest BCUT2D eigenvalue weighted by Gasteiger charge is 2.15. The lowest BCUT2D eigenvalue weighted by atomic mass is 9.86. The van der Waals surface area contributed by atoms with Gasteiger partial charge in [0.25, 0.3) is 0 Å². The first-order valence-corrected chi connectivity index (χ1v) is 7.92. The molecule has 1 aromatic carbocycles.